The summed E-state index contributed by atoms with van der Waals surface area (Å²) in [6.45, 7) is 1.90. The van der Waals surface area contributed by atoms with E-state index in [0.29, 0.717) is 5.56 Å². The molecule has 2 aromatic carbocycles. The molecule has 0 spiro atoms. The van der Waals surface area contributed by atoms with Crippen molar-refractivity contribution in [1.82, 2.24) is 5.32 Å². The molecule has 1 atom stereocenters. The molecule has 9 heteroatoms. The van der Waals surface area contributed by atoms with Crippen molar-refractivity contribution in [3.8, 4) is 0 Å². The van der Waals surface area contributed by atoms with Crippen molar-refractivity contribution in [3.05, 3.63) is 65.2 Å². The second-order valence-corrected chi connectivity index (χ2v) is 5.98. The molecule has 1 N–H and O–H groups in total. The molecule has 0 aliphatic rings. The van der Waals surface area contributed by atoms with Crippen LogP contribution in [-0.2, 0) is 15.3 Å². The van der Waals surface area contributed by atoms with Gasteiger partial charge in [-0.1, -0.05) is 29.8 Å². The van der Waals surface area contributed by atoms with E-state index in [4.69, 9.17) is 0 Å². The van der Waals surface area contributed by atoms with Gasteiger partial charge in [0.2, 0.25) is 0 Å². The summed E-state index contributed by atoms with van der Waals surface area (Å²) in [5.41, 5.74) is 2.11. The van der Waals surface area contributed by atoms with Crippen LogP contribution in [0.5, 0.6) is 0 Å². The second-order valence-electron chi connectivity index (χ2n) is 5.37. The van der Waals surface area contributed by atoms with E-state index in [1.54, 1.807) is 12.1 Å². The Kier molecular flexibility index (Phi) is 8.67. The molecule has 2 aromatic rings. The van der Waals surface area contributed by atoms with Gasteiger partial charge in [0.25, 0.3) is 5.91 Å². The first kappa shape index (κ1) is 22.0. The maximum absolute atomic E-state index is 12.3. The van der Waals surface area contributed by atoms with Crippen molar-refractivity contribution in [2.45, 2.75) is 19.4 Å². The summed E-state index contributed by atoms with van der Waals surface area (Å²) in [6, 6.07) is 12.0. The number of hydrogen-bond donors (Lipinski definition) is 1. The van der Waals surface area contributed by atoms with Gasteiger partial charge in [-0.25, -0.2) is 0 Å². The number of benzene rings is 2. The van der Waals surface area contributed by atoms with E-state index in [1.165, 1.54) is 24.3 Å². The molecule has 7 nitrogen and oxygen atoms in total. The maximum atomic E-state index is 12.3. The first-order chi connectivity index (χ1) is 11.8. The molecule has 0 saturated heterocycles. The molecule has 0 aliphatic carbocycles. The predicted molar refractivity (Wildman–Crippen MR) is 88.5 cm³/mol. The minimum Gasteiger partial charge on any atom is -0.550 e. The van der Waals surface area contributed by atoms with Crippen LogP contribution in [-0.4, -0.2) is 20.3 Å². The zero-order valence-electron chi connectivity index (χ0n) is 14.3. The summed E-state index contributed by atoms with van der Waals surface area (Å²) < 4.78 is 24.3. The second kappa shape index (κ2) is 10.2. The summed E-state index contributed by atoms with van der Waals surface area (Å²) >= 11 is 0. The van der Waals surface area contributed by atoms with Crippen LogP contribution in [0, 0.1) is 6.92 Å². The Balaban J connectivity index is 0.00000338. The number of aryl methyl sites for hydroxylation is 1. The van der Waals surface area contributed by atoms with Crippen molar-refractivity contribution in [2.75, 3.05) is 0 Å². The number of nitrogens with zero attached hydrogens (tertiary/aromatic N) is 1. The molecule has 0 aliphatic heterocycles. The molecule has 0 radical (unpaired) electrons. The molecule has 0 aromatic heterocycles. The molecular weight excluding hydrogens is 367 g/mol. The predicted octanol–water partition coefficient (Wildman–Crippen LogP) is -1.70. The van der Waals surface area contributed by atoms with Crippen molar-refractivity contribution in [3.63, 3.8) is 0 Å². The van der Waals surface area contributed by atoms with Gasteiger partial charge < -0.3 is 15.2 Å². The smallest absolute Gasteiger partial charge is 0.550 e. The molecule has 0 fully saturated rings. The van der Waals surface area contributed by atoms with Crippen LogP contribution in [0.2, 0.25) is 0 Å². The third-order valence-electron chi connectivity index (χ3n) is 3.47. The van der Waals surface area contributed by atoms with Crippen molar-refractivity contribution < 1.29 is 52.7 Å². The van der Waals surface area contributed by atoms with E-state index in [2.05, 4.69) is 9.68 Å². The maximum Gasteiger partial charge on any atom is 1.00 e. The molecule has 0 saturated carbocycles. The Labute approximate surface area is 174 Å². The molecule has 2 rings (SSSR count). The number of carbonyl (C=O) groups is 2. The van der Waals surface area contributed by atoms with Crippen LogP contribution in [0.25, 0.3) is 0 Å². The Morgan fingerprint density at radius 3 is 2.15 bits per heavy atom. The summed E-state index contributed by atoms with van der Waals surface area (Å²) in [6.07, 6.45) is -0.364. The van der Waals surface area contributed by atoms with Crippen LogP contribution >= 0.6 is 0 Å². The topological polar surface area (TPSA) is 116 Å². The largest absolute Gasteiger partial charge is 1.00 e. The average molecular weight is 382 g/mol. The van der Waals surface area contributed by atoms with Gasteiger partial charge in [-0.05, 0) is 36.8 Å². The quantitative estimate of drug-likeness (QED) is 0.598. The fraction of sp³-hybridized carbons (Fsp3) is 0.176. The molecule has 0 heterocycles. The van der Waals surface area contributed by atoms with Gasteiger partial charge in [0, 0.05) is 18.0 Å². The minimum atomic E-state index is -2.57. The van der Waals surface area contributed by atoms with E-state index < -0.39 is 28.4 Å². The minimum absolute atomic E-state index is 0. The van der Waals surface area contributed by atoms with Crippen LogP contribution in [0.4, 0.5) is 5.69 Å². The fourth-order valence-corrected chi connectivity index (χ4v) is 2.51. The van der Waals surface area contributed by atoms with Crippen molar-refractivity contribution in [1.29, 1.82) is 0 Å². The Morgan fingerprint density at radius 1 is 1.08 bits per heavy atom. The molecule has 26 heavy (non-hydrogen) atoms. The van der Waals surface area contributed by atoms with Gasteiger partial charge in [-0.15, -0.1) is 4.36 Å². The Morgan fingerprint density at radius 2 is 1.65 bits per heavy atom. The van der Waals surface area contributed by atoms with E-state index in [9.17, 15) is 23.1 Å². The molecule has 1 amide bonds. The first-order valence-electron chi connectivity index (χ1n) is 7.33. The van der Waals surface area contributed by atoms with Crippen LogP contribution in [0.3, 0.4) is 0 Å². The number of rotatable bonds is 6. The molecule has 1 unspecified atom stereocenters. The number of nitrogens with one attached hydrogen (secondary N) is 1. The average Bonchev–Trinajstić information content (AvgIpc) is 2.54. The number of carboxylic acid groups (broad SMARTS) is 1. The number of carbonyl (C=O) groups excluding carboxylic acids is 2. The SMILES string of the molecule is Cc1ccc(C(CC(=O)[O-])NC(=O)c2ccc(N=S(=O)=O)cc2)cc1.[Na+]. The number of carboxylic acids is 1. The summed E-state index contributed by atoms with van der Waals surface area (Å²) in [7, 11) is -2.57. The van der Waals surface area contributed by atoms with Gasteiger partial charge in [0.15, 0.2) is 0 Å². The van der Waals surface area contributed by atoms with E-state index in [1.807, 2.05) is 19.1 Å². The van der Waals surface area contributed by atoms with Crippen molar-refractivity contribution in [2.24, 2.45) is 4.36 Å². The standard InChI is InChI=1S/C17H16N2O5S.Na/c1-11-2-4-12(5-3-11)15(10-16(20)21)18-17(22)13-6-8-14(9-7-13)19-25(23)24;/h2-9,15H,10H2,1H3,(H,18,22)(H,20,21);/q;+1/p-1. The molecular formula is C17H15N2NaO5S. The normalized spacial score (nSPS) is 11.0. The Hall–Kier alpha value is -2.00. The number of aliphatic carboxylic acids is 1. The van der Waals surface area contributed by atoms with Crippen LogP contribution < -0.4 is 40.0 Å². The van der Waals surface area contributed by atoms with E-state index in [0.717, 1.165) is 5.56 Å². The third-order valence-corrected chi connectivity index (χ3v) is 3.83. The van der Waals surface area contributed by atoms with E-state index >= 15 is 0 Å². The van der Waals surface area contributed by atoms with Gasteiger partial charge in [0.05, 0.1) is 11.7 Å². The summed E-state index contributed by atoms with van der Waals surface area (Å²) in [5.74, 6) is -1.76. The number of amides is 1. The zero-order valence-corrected chi connectivity index (χ0v) is 17.1. The van der Waals surface area contributed by atoms with Gasteiger partial charge in [-0.2, -0.15) is 8.42 Å². The van der Waals surface area contributed by atoms with Gasteiger partial charge in [0.1, 0.15) is 0 Å². The monoisotopic (exact) mass is 382 g/mol. The zero-order chi connectivity index (χ0) is 18.4. The third kappa shape index (κ3) is 6.72. The van der Waals surface area contributed by atoms with Gasteiger partial charge >= 0.3 is 40.1 Å². The number of hydrogen-bond acceptors (Lipinski definition) is 6. The summed E-state index contributed by atoms with van der Waals surface area (Å²) in [4.78, 5) is 23.3. The molecule has 0 bridgehead atoms. The first-order valence-corrected chi connectivity index (χ1v) is 8.37. The van der Waals surface area contributed by atoms with Gasteiger partial charge in [-0.3, -0.25) is 4.79 Å². The Bertz CT molecular complexity index is 901. The molecule has 130 valence electrons. The summed E-state index contributed by atoms with van der Waals surface area (Å²) in [5, 5.41) is 13.6. The van der Waals surface area contributed by atoms with E-state index in [-0.39, 0.29) is 47.2 Å². The van der Waals surface area contributed by atoms with Crippen molar-refractivity contribution >= 4 is 28.1 Å². The fourth-order valence-electron chi connectivity index (χ4n) is 2.22. The van der Waals surface area contributed by atoms with Crippen LogP contribution in [0.1, 0.15) is 33.9 Å². The van der Waals surface area contributed by atoms with Crippen LogP contribution in [0.15, 0.2) is 52.9 Å².